The van der Waals surface area contributed by atoms with E-state index >= 15 is 0 Å². The SMILES string of the molecule is COc1cc(S(=O)(=O)O)c(N=Nc2c(O)ccc3cc(S(=O)(=O)[O-])ccc23)cc1C.COc1cc(S(=O)(=O)O)c(N=Nc2c(O)ccc3cc(S(=O)(=O)[O-])ccc23)cc1C.[Na+].[Na+]. The van der Waals surface area contributed by atoms with Crippen molar-refractivity contribution < 1.29 is 131 Å². The molecule has 62 heavy (non-hydrogen) atoms. The molecule has 0 saturated heterocycles. The normalized spacial score (nSPS) is 12.1. The van der Waals surface area contributed by atoms with Crippen molar-refractivity contribution in [2.75, 3.05) is 14.2 Å². The van der Waals surface area contributed by atoms with E-state index in [1.807, 2.05) is 0 Å². The number of nitrogens with zero attached hydrogens (tertiary/aromatic N) is 4. The van der Waals surface area contributed by atoms with E-state index in [1.54, 1.807) is 13.8 Å². The molecular formula is C36H30N4Na2O16S4. The van der Waals surface area contributed by atoms with E-state index in [-0.39, 0.29) is 116 Å². The topological polar surface area (TPSA) is 332 Å². The van der Waals surface area contributed by atoms with Gasteiger partial charge < -0.3 is 28.8 Å². The first kappa shape index (κ1) is 52.2. The summed E-state index contributed by atoms with van der Waals surface area (Å²) in [6, 6.07) is 17.0. The van der Waals surface area contributed by atoms with E-state index in [2.05, 4.69) is 20.5 Å². The third-order valence-corrected chi connectivity index (χ3v) is 11.9. The molecule has 0 amide bonds. The maximum Gasteiger partial charge on any atom is 1.00 e. The van der Waals surface area contributed by atoms with Crippen molar-refractivity contribution >= 4 is 84.8 Å². The van der Waals surface area contributed by atoms with E-state index < -0.39 is 60.1 Å². The number of methoxy groups -OCH3 is 2. The summed E-state index contributed by atoms with van der Waals surface area (Å²) >= 11 is 0. The fourth-order valence-corrected chi connectivity index (χ4v) is 7.86. The van der Waals surface area contributed by atoms with Gasteiger partial charge in [0, 0.05) is 22.9 Å². The van der Waals surface area contributed by atoms with Crippen molar-refractivity contribution in [3.63, 3.8) is 0 Å². The third kappa shape index (κ3) is 12.1. The predicted molar refractivity (Wildman–Crippen MR) is 211 cm³/mol. The molecule has 0 spiro atoms. The molecule has 0 bridgehead atoms. The molecule has 316 valence electrons. The second-order valence-corrected chi connectivity index (χ2v) is 18.0. The van der Waals surface area contributed by atoms with Gasteiger partial charge in [0.05, 0.1) is 24.0 Å². The zero-order chi connectivity index (χ0) is 44.5. The third-order valence-electron chi connectivity index (χ3n) is 8.48. The summed E-state index contributed by atoms with van der Waals surface area (Å²) in [5.74, 6) is -0.216. The maximum atomic E-state index is 11.7. The first-order chi connectivity index (χ1) is 27.8. The van der Waals surface area contributed by atoms with E-state index in [9.17, 15) is 62.1 Å². The molecule has 0 fully saturated rings. The van der Waals surface area contributed by atoms with Crippen molar-refractivity contribution in [3.05, 3.63) is 96.1 Å². The van der Waals surface area contributed by atoms with Crippen LogP contribution in [0.5, 0.6) is 23.0 Å². The minimum atomic E-state index is -4.68. The molecule has 20 nitrogen and oxygen atoms in total. The van der Waals surface area contributed by atoms with Gasteiger partial charge in [-0.3, -0.25) is 9.11 Å². The first-order valence-electron chi connectivity index (χ1n) is 16.4. The molecule has 0 aliphatic heterocycles. The van der Waals surface area contributed by atoms with Gasteiger partial charge in [-0.15, -0.1) is 20.5 Å². The van der Waals surface area contributed by atoms with Gasteiger partial charge in [0.25, 0.3) is 20.2 Å². The summed E-state index contributed by atoms with van der Waals surface area (Å²) in [7, 11) is -16.0. The van der Waals surface area contributed by atoms with Crippen LogP contribution in [0.2, 0.25) is 0 Å². The number of azo groups is 2. The van der Waals surface area contributed by atoms with Gasteiger partial charge in [0.1, 0.15) is 75.8 Å². The zero-order valence-corrected chi connectivity index (χ0v) is 40.5. The molecule has 0 aliphatic rings. The zero-order valence-electron chi connectivity index (χ0n) is 33.2. The van der Waals surface area contributed by atoms with Crippen LogP contribution in [0.15, 0.2) is 125 Å². The van der Waals surface area contributed by atoms with Crippen LogP contribution in [0.1, 0.15) is 11.1 Å². The van der Waals surface area contributed by atoms with Crippen LogP contribution in [0.4, 0.5) is 22.7 Å². The maximum absolute atomic E-state index is 11.7. The number of benzene rings is 6. The Bertz CT molecular complexity index is 3020. The molecule has 0 aliphatic carbocycles. The van der Waals surface area contributed by atoms with E-state index in [4.69, 9.17) is 9.47 Å². The molecule has 6 aromatic carbocycles. The molecule has 0 radical (unpaired) electrons. The van der Waals surface area contributed by atoms with Crippen molar-refractivity contribution in [1.29, 1.82) is 0 Å². The van der Waals surface area contributed by atoms with Crippen molar-refractivity contribution in [1.82, 2.24) is 0 Å². The number of aromatic hydroxyl groups is 2. The fraction of sp³-hybridized carbons (Fsp3) is 0.111. The van der Waals surface area contributed by atoms with Gasteiger partial charge >= 0.3 is 59.1 Å². The van der Waals surface area contributed by atoms with Crippen LogP contribution in [0.3, 0.4) is 0 Å². The summed E-state index contributed by atoms with van der Waals surface area (Å²) < 4.78 is 143. The minimum Gasteiger partial charge on any atom is -0.744 e. The van der Waals surface area contributed by atoms with Gasteiger partial charge in [0.2, 0.25) is 0 Å². The summed E-state index contributed by atoms with van der Waals surface area (Å²) in [5.41, 5.74) is 0.462. The van der Waals surface area contributed by atoms with Gasteiger partial charge in [0.15, 0.2) is 0 Å². The van der Waals surface area contributed by atoms with E-state index in [0.29, 0.717) is 21.9 Å². The molecule has 26 heteroatoms. The molecule has 0 heterocycles. The average molecular weight is 949 g/mol. The second-order valence-electron chi connectivity index (χ2n) is 12.5. The molecule has 6 rings (SSSR count). The molecule has 0 saturated carbocycles. The van der Waals surface area contributed by atoms with Crippen LogP contribution in [-0.2, 0) is 40.5 Å². The molecule has 4 N–H and O–H groups in total. The van der Waals surface area contributed by atoms with Gasteiger partial charge in [-0.2, -0.15) is 16.8 Å². The van der Waals surface area contributed by atoms with Crippen LogP contribution in [0, 0.1) is 13.8 Å². The summed E-state index contributed by atoms with van der Waals surface area (Å²) in [6.07, 6.45) is 0. The Balaban J connectivity index is 0.000000320. The Morgan fingerprint density at radius 3 is 1.13 bits per heavy atom. The first-order valence-corrected chi connectivity index (χ1v) is 22.1. The number of phenolic OH excluding ortho intramolecular Hbond substituents is 2. The molecule has 6 aromatic rings. The van der Waals surface area contributed by atoms with E-state index in [1.165, 1.54) is 62.8 Å². The Hall–Kier alpha value is -4.12. The standard InChI is InChI=1S/2C18H16N2O8S2.2Na/c2*1-10-7-14(17(30(25,26)27)9-16(10)28-2)19-20-18-13-5-4-12(29(22,23)24)8-11(13)3-6-15(18)21;;/h2*3-9,21H,1-2H3,(H,22,23,24)(H,25,26,27);;/q;;2*+1/p-2. The Kier molecular flexibility index (Phi) is 17.0. The number of hydrogen-bond donors (Lipinski definition) is 4. The minimum absolute atomic E-state index is 0. The quantitative estimate of drug-likeness (QED) is 0.0841. The molecular weight excluding hydrogens is 919 g/mol. The van der Waals surface area contributed by atoms with Crippen LogP contribution >= 0.6 is 0 Å². The number of rotatable bonds is 10. The average Bonchev–Trinajstić information content (AvgIpc) is 3.15. The number of hydrogen-bond acceptors (Lipinski definition) is 18. The molecule has 0 atom stereocenters. The molecule has 0 aromatic heterocycles. The Morgan fingerprint density at radius 2 is 0.839 bits per heavy atom. The number of fused-ring (bicyclic) bond motifs is 2. The van der Waals surface area contributed by atoms with Gasteiger partial charge in [-0.05, 0) is 84.3 Å². The van der Waals surface area contributed by atoms with Crippen LogP contribution < -0.4 is 68.6 Å². The summed E-state index contributed by atoms with van der Waals surface area (Å²) in [5, 5.41) is 36.9. The second kappa shape index (κ2) is 20.2. The summed E-state index contributed by atoms with van der Waals surface area (Å²) in [4.78, 5) is -2.01. The largest absolute Gasteiger partial charge is 1.00 e. The Morgan fingerprint density at radius 1 is 0.500 bits per heavy atom. The summed E-state index contributed by atoms with van der Waals surface area (Å²) in [6.45, 7) is 3.26. The van der Waals surface area contributed by atoms with Crippen molar-refractivity contribution in [2.45, 2.75) is 33.4 Å². The van der Waals surface area contributed by atoms with Crippen molar-refractivity contribution in [2.24, 2.45) is 20.5 Å². The number of phenols is 2. The smallest absolute Gasteiger partial charge is 0.744 e. The fourth-order valence-electron chi connectivity index (χ4n) is 5.61. The van der Waals surface area contributed by atoms with Crippen LogP contribution in [-0.4, -0.2) is 76.3 Å². The van der Waals surface area contributed by atoms with Gasteiger partial charge in [-0.1, -0.05) is 24.3 Å². The monoisotopic (exact) mass is 948 g/mol. The van der Waals surface area contributed by atoms with Gasteiger partial charge in [-0.25, -0.2) is 16.8 Å². The Labute approximate surface area is 398 Å². The van der Waals surface area contributed by atoms with Crippen molar-refractivity contribution in [3.8, 4) is 23.0 Å². The van der Waals surface area contributed by atoms with E-state index in [0.717, 1.165) is 36.4 Å². The number of aryl methyl sites for hydroxylation is 2. The molecule has 0 unspecified atom stereocenters. The van der Waals surface area contributed by atoms with Crippen LogP contribution in [0.25, 0.3) is 21.5 Å². The predicted octanol–water partition coefficient (Wildman–Crippen LogP) is 0.865. The number of ether oxygens (including phenoxy) is 2.